The third-order valence-corrected chi connectivity index (χ3v) is 3.84. The molecule has 0 saturated carbocycles. The fourth-order valence-electron chi connectivity index (χ4n) is 2.53. The van der Waals surface area contributed by atoms with Gasteiger partial charge in [-0.05, 0) is 30.0 Å². The van der Waals surface area contributed by atoms with E-state index in [4.69, 9.17) is 5.11 Å². The first-order chi connectivity index (χ1) is 12.0. The number of hydrogen-bond acceptors (Lipinski definition) is 2. The number of amides is 1. The molecule has 1 atom stereocenters. The fourth-order valence-corrected chi connectivity index (χ4v) is 2.53. The molecule has 2 aromatic rings. The van der Waals surface area contributed by atoms with E-state index in [-0.39, 0.29) is 37.2 Å². The van der Waals surface area contributed by atoms with Crippen molar-refractivity contribution in [3.63, 3.8) is 0 Å². The van der Waals surface area contributed by atoms with Crippen molar-refractivity contribution < 1.29 is 23.5 Å². The highest BCUT2D eigenvalue weighted by atomic mass is 19.2. The van der Waals surface area contributed by atoms with Crippen LogP contribution in [-0.4, -0.2) is 17.0 Å². The molecule has 0 fully saturated rings. The van der Waals surface area contributed by atoms with Gasteiger partial charge in [0.1, 0.15) is 0 Å². The normalized spacial score (nSPS) is 11.8. The van der Waals surface area contributed by atoms with Gasteiger partial charge in [0.2, 0.25) is 5.91 Å². The number of benzene rings is 2. The van der Waals surface area contributed by atoms with Gasteiger partial charge in [-0.3, -0.25) is 9.59 Å². The molecular weight excluding hydrogens is 328 g/mol. The Morgan fingerprint density at radius 3 is 2.40 bits per heavy atom. The molecule has 0 saturated heterocycles. The van der Waals surface area contributed by atoms with E-state index in [1.54, 1.807) is 24.3 Å². The summed E-state index contributed by atoms with van der Waals surface area (Å²) in [4.78, 5) is 23.0. The summed E-state index contributed by atoms with van der Waals surface area (Å²) in [6.07, 6.45) is 0.213. The van der Waals surface area contributed by atoms with Crippen molar-refractivity contribution in [1.82, 2.24) is 5.32 Å². The molecule has 2 N–H and O–H groups in total. The molecule has 6 heteroatoms. The zero-order valence-electron chi connectivity index (χ0n) is 13.5. The number of carboxylic acids is 1. The van der Waals surface area contributed by atoms with Crippen LogP contribution in [0.25, 0.3) is 0 Å². The van der Waals surface area contributed by atoms with E-state index in [9.17, 15) is 18.4 Å². The van der Waals surface area contributed by atoms with Crippen LogP contribution < -0.4 is 5.32 Å². The standard InChI is InChI=1S/C19H19F2NO3/c20-15-8-4-7-14(19(15)21)9-11-17(23)22-16(10-12-18(24)25)13-5-2-1-3-6-13/h1-8,16H,9-12H2,(H,22,23)(H,24,25). The van der Waals surface area contributed by atoms with E-state index in [0.29, 0.717) is 0 Å². The number of hydrogen-bond donors (Lipinski definition) is 2. The number of nitrogens with one attached hydrogen (secondary N) is 1. The minimum Gasteiger partial charge on any atom is -0.481 e. The first kappa shape index (κ1) is 18.6. The van der Waals surface area contributed by atoms with Crippen molar-refractivity contribution in [2.45, 2.75) is 31.7 Å². The van der Waals surface area contributed by atoms with Crippen molar-refractivity contribution in [1.29, 1.82) is 0 Å². The highest BCUT2D eigenvalue weighted by molar-refractivity contribution is 5.77. The predicted molar refractivity (Wildman–Crippen MR) is 88.9 cm³/mol. The molecule has 0 aliphatic heterocycles. The predicted octanol–water partition coefficient (Wildman–Crippen LogP) is 3.62. The molecule has 1 amide bonds. The third kappa shape index (κ3) is 5.67. The van der Waals surface area contributed by atoms with E-state index in [1.165, 1.54) is 12.1 Å². The van der Waals surface area contributed by atoms with Gasteiger partial charge in [-0.1, -0.05) is 42.5 Å². The Morgan fingerprint density at radius 2 is 1.72 bits per heavy atom. The van der Waals surface area contributed by atoms with Crippen LogP contribution >= 0.6 is 0 Å². The first-order valence-electron chi connectivity index (χ1n) is 7.96. The van der Waals surface area contributed by atoms with Crippen LogP contribution in [0.15, 0.2) is 48.5 Å². The maximum atomic E-state index is 13.6. The minimum absolute atomic E-state index is 0.0171. The molecule has 0 aliphatic rings. The average molecular weight is 347 g/mol. The largest absolute Gasteiger partial charge is 0.481 e. The molecule has 0 aliphatic carbocycles. The Balaban J connectivity index is 1.99. The summed E-state index contributed by atoms with van der Waals surface area (Å²) in [5.41, 5.74) is 0.936. The number of carbonyl (C=O) groups excluding carboxylic acids is 1. The van der Waals surface area contributed by atoms with Gasteiger partial charge < -0.3 is 10.4 Å². The Hall–Kier alpha value is -2.76. The zero-order valence-corrected chi connectivity index (χ0v) is 13.5. The Kier molecular flexibility index (Phi) is 6.62. The van der Waals surface area contributed by atoms with E-state index in [1.807, 2.05) is 6.07 Å². The SMILES string of the molecule is O=C(O)CCC(NC(=O)CCc1cccc(F)c1F)c1ccccc1. The van der Waals surface area contributed by atoms with E-state index < -0.39 is 23.6 Å². The molecule has 0 radical (unpaired) electrons. The van der Waals surface area contributed by atoms with Crippen molar-refractivity contribution in [3.8, 4) is 0 Å². The number of halogens is 2. The van der Waals surface area contributed by atoms with Gasteiger partial charge in [0.05, 0.1) is 6.04 Å². The molecule has 4 nitrogen and oxygen atoms in total. The number of aryl methyl sites for hydroxylation is 1. The summed E-state index contributed by atoms with van der Waals surface area (Å²) in [5.74, 6) is -3.18. The van der Waals surface area contributed by atoms with Gasteiger partial charge >= 0.3 is 5.97 Å². The molecule has 2 rings (SSSR count). The Morgan fingerprint density at radius 1 is 1.00 bits per heavy atom. The van der Waals surface area contributed by atoms with Crippen LogP contribution in [0.1, 0.15) is 36.4 Å². The number of rotatable bonds is 8. The lowest BCUT2D eigenvalue weighted by molar-refractivity contribution is -0.137. The van der Waals surface area contributed by atoms with Gasteiger partial charge in [-0.15, -0.1) is 0 Å². The molecule has 0 aromatic heterocycles. The second-order valence-electron chi connectivity index (χ2n) is 5.68. The van der Waals surface area contributed by atoms with Gasteiger partial charge in [-0.2, -0.15) is 0 Å². The minimum atomic E-state index is -0.947. The Labute approximate surface area is 144 Å². The van der Waals surface area contributed by atoms with E-state index in [2.05, 4.69) is 5.32 Å². The fraction of sp³-hybridized carbons (Fsp3) is 0.263. The smallest absolute Gasteiger partial charge is 0.303 e. The second kappa shape index (κ2) is 8.92. The van der Waals surface area contributed by atoms with Crippen molar-refractivity contribution in [2.24, 2.45) is 0 Å². The lowest BCUT2D eigenvalue weighted by Crippen LogP contribution is -2.29. The van der Waals surface area contributed by atoms with Crippen LogP contribution in [0.3, 0.4) is 0 Å². The zero-order chi connectivity index (χ0) is 18.2. The highest BCUT2D eigenvalue weighted by Gasteiger charge is 2.16. The molecule has 0 bridgehead atoms. The molecular formula is C19H19F2NO3. The van der Waals surface area contributed by atoms with Crippen LogP contribution in [0.4, 0.5) is 8.78 Å². The number of carbonyl (C=O) groups is 2. The summed E-state index contributed by atoms with van der Waals surface area (Å²) >= 11 is 0. The van der Waals surface area contributed by atoms with Gasteiger partial charge in [0.25, 0.3) is 0 Å². The number of aliphatic carboxylic acids is 1. The summed E-state index contributed by atoms with van der Waals surface area (Å²) < 4.78 is 26.8. The van der Waals surface area contributed by atoms with Crippen LogP contribution in [0.5, 0.6) is 0 Å². The van der Waals surface area contributed by atoms with Crippen LogP contribution in [0.2, 0.25) is 0 Å². The second-order valence-corrected chi connectivity index (χ2v) is 5.68. The van der Waals surface area contributed by atoms with Gasteiger partial charge in [-0.25, -0.2) is 8.78 Å². The molecule has 2 aromatic carbocycles. The van der Waals surface area contributed by atoms with E-state index >= 15 is 0 Å². The van der Waals surface area contributed by atoms with Crippen molar-refractivity contribution >= 4 is 11.9 Å². The quantitative estimate of drug-likeness (QED) is 0.766. The van der Waals surface area contributed by atoms with Crippen LogP contribution in [0, 0.1) is 11.6 Å². The summed E-state index contributed by atoms with van der Waals surface area (Å²) in [6.45, 7) is 0. The molecule has 0 spiro atoms. The topological polar surface area (TPSA) is 66.4 Å². The van der Waals surface area contributed by atoms with Crippen molar-refractivity contribution in [2.75, 3.05) is 0 Å². The van der Waals surface area contributed by atoms with E-state index in [0.717, 1.165) is 11.6 Å². The van der Waals surface area contributed by atoms with Gasteiger partial charge in [0.15, 0.2) is 11.6 Å². The molecule has 25 heavy (non-hydrogen) atoms. The number of carboxylic acid groups (broad SMARTS) is 1. The summed E-state index contributed by atoms with van der Waals surface area (Å²) in [5, 5.41) is 11.6. The first-order valence-corrected chi connectivity index (χ1v) is 7.96. The highest BCUT2D eigenvalue weighted by Crippen LogP contribution is 2.19. The Bertz CT molecular complexity index is 735. The molecule has 132 valence electrons. The lowest BCUT2D eigenvalue weighted by Gasteiger charge is -2.18. The summed E-state index contributed by atoms with van der Waals surface area (Å²) in [6, 6.07) is 12.5. The molecule has 0 heterocycles. The van der Waals surface area contributed by atoms with Crippen molar-refractivity contribution in [3.05, 3.63) is 71.3 Å². The maximum absolute atomic E-state index is 13.6. The maximum Gasteiger partial charge on any atom is 0.303 e. The monoisotopic (exact) mass is 347 g/mol. The van der Waals surface area contributed by atoms with Gasteiger partial charge in [0, 0.05) is 12.8 Å². The summed E-state index contributed by atoms with van der Waals surface area (Å²) in [7, 11) is 0. The average Bonchev–Trinajstić information content (AvgIpc) is 2.60. The lowest BCUT2D eigenvalue weighted by atomic mass is 10.0. The molecule has 1 unspecified atom stereocenters. The third-order valence-electron chi connectivity index (χ3n) is 3.84. The van der Waals surface area contributed by atoms with Crippen LogP contribution in [-0.2, 0) is 16.0 Å².